The SMILES string of the molecule is COc1ccc(C#CC#Cc2ccc(C#N)cc2)cc1. The second-order valence-corrected chi connectivity index (χ2v) is 3.92. The molecule has 0 bridgehead atoms. The first-order valence-corrected chi connectivity index (χ1v) is 5.98. The second-order valence-electron chi connectivity index (χ2n) is 3.92. The van der Waals surface area contributed by atoms with Gasteiger partial charge in [0.2, 0.25) is 0 Å². The molecule has 20 heavy (non-hydrogen) atoms. The molecule has 0 fully saturated rings. The number of nitrogens with zero attached hydrogens (tertiary/aromatic N) is 1. The Morgan fingerprint density at radius 3 is 1.65 bits per heavy atom. The summed E-state index contributed by atoms with van der Waals surface area (Å²) in [5, 5.41) is 8.69. The average Bonchev–Trinajstić information content (AvgIpc) is 2.53. The topological polar surface area (TPSA) is 33.0 Å². The molecular weight excluding hydrogens is 246 g/mol. The number of rotatable bonds is 1. The molecule has 0 aliphatic carbocycles. The number of nitriles is 1. The van der Waals surface area contributed by atoms with Crippen LogP contribution in [0.2, 0.25) is 0 Å². The van der Waals surface area contributed by atoms with Gasteiger partial charge in [0.1, 0.15) is 5.75 Å². The van der Waals surface area contributed by atoms with E-state index in [0.717, 1.165) is 16.9 Å². The van der Waals surface area contributed by atoms with Crippen LogP contribution < -0.4 is 4.74 Å². The van der Waals surface area contributed by atoms with Crippen molar-refractivity contribution in [3.63, 3.8) is 0 Å². The lowest BCUT2D eigenvalue weighted by atomic mass is 10.1. The predicted molar refractivity (Wildman–Crippen MR) is 77.9 cm³/mol. The third-order valence-electron chi connectivity index (χ3n) is 2.58. The Bertz CT molecular complexity index is 742. The van der Waals surface area contributed by atoms with Crippen molar-refractivity contribution < 1.29 is 4.74 Å². The standard InChI is InChI=1S/C18H11NO/c1-20-18-12-10-16(11-13-18)5-3-2-4-15-6-8-17(14-19)9-7-15/h6-13H,1H3. The minimum absolute atomic E-state index is 0.625. The zero-order valence-electron chi connectivity index (χ0n) is 11.0. The van der Waals surface area contributed by atoms with Crippen molar-refractivity contribution in [2.45, 2.75) is 0 Å². The summed E-state index contributed by atoms with van der Waals surface area (Å²) in [4.78, 5) is 0. The van der Waals surface area contributed by atoms with E-state index >= 15 is 0 Å². The van der Waals surface area contributed by atoms with E-state index in [9.17, 15) is 0 Å². The van der Waals surface area contributed by atoms with Gasteiger partial charge < -0.3 is 4.74 Å². The summed E-state index contributed by atoms with van der Waals surface area (Å²) in [5.41, 5.74) is 2.35. The molecule has 0 heterocycles. The van der Waals surface area contributed by atoms with Crippen LogP contribution in [0.1, 0.15) is 16.7 Å². The molecule has 0 saturated carbocycles. The Kier molecular flexibility index (Phi) is 4.45. The van der Waals surface area contributed by atoms with Crippen LogP contribution in [0, 0.1) is 35.0 Å². The van der Waals surface area contributed by atoms with Crippen LogP contribution in [0.5, 0.6) is 5.75 Å². The van der Waals surface area contributed by atoms with Crippen molar-refractivity contribution in [3.8, 4) is 35.5 Å². The highest BCUT2D eigenvalue weighted by Crippen LogP contribution is 2.10. The molecule has 0 N–H and O–H groups in total. The summed E-state index contributed by atoms with van der Waals surface area (Å²) in [7, 11) is 1.63. The minimum Gasteiger partial charge on any atom is -0.497 e. The number of methoxy groups -OCH3 is 1. The first-order valence-electron chi connectivity index (χ1n) is 5.98. The van der Waals surface area contributed by atoms with E-state index in [4.69, 9.17) is 10.00 Å². The first-order chi connectivity index (χ1) is 9.81. The van der Waals surface area contributed by atoms with Crippen molar-refractivity contribution in [2.75, 3.05) is 7.11 Å². The van der Waals surface area contributed by atoms with Crippen LogP contribution in [0.15, 0.2) is 48.5 Å². The van der Waals surface area contributed by atoms with Gasteiger partial charge in [-0.15, -0.1) is 0 Å². The lowest BCUT2D eigenvalue weighted by Crippen LogP contribution is -1.81. The van der Waals surface area contributed by atoms with E-state index in [1.807, 2.05) is 24.3 Å². The van der Waals surface area contributed by atoms with Crippen LogP contribution in [0.25, 0.3) is 0 Å². The van der Waals surface area contributed by atoms with Crippen LogP contribution in [-0.4, -0.2) is 7.11 Å². The van der Waals surface area contributed by atoms with Gasteiger partial charge in [0.15, 0.2) is 0 Å². The zero-order valence-corrected chi connectivity index (χ0v) is 11.0. The maximum Gasteiger partial charge on any atom is 0.118 e. The Morgan fingerprint density at radius 2 is 1.20 bits per heavy atom. The van der Waals surface area contributed by atoms with Gasteiger partial charge in [0.05, 0.1) is 18.7 Å². The van der Waals surface area contributed by atoms with Crippen LogP contribution in [-0.2, 0) is 0 Å². The third kappa shape index (κ3) is 3.67. The molecule has 0 aliphatic rings. The molecule has 2 heteroatoms. The van der Waals surface area contributed by atoms with Gasteiger partial charge in [0, 0.05) is 11.1 Å². The average molecular weight is 257 g/mol. The molecule has 0 aromatic heterocycles. The van der Waals surface area contributed by atoms with Gasteiger partial charge in [-0.3, -0.25) is 0 Å². The molecule has 0 saturated heterocycles. The molecular formula is C18H11NO. The first kappa shape index (κ1) is 13.3. The fourth-order valence-electron chi connectivity index (χ4n) is 1.51. The molecule has 94 valence electrons. The number of hydrogen-bond acceptors (Lipinski definition) is 2. The molecule has 2 rings (SSSR count). The van der Waals surface area contributed by atoms with Crippen LogP contribution >= 0.6 is 0 Å². The Labute approximate surface area is 118 Å². The van der Waals surface area contributed by atoms with Crippen molar-refractivity contribution in [1.29, 1.82) is 5.26 Å². The highest BCUT2D eigenvalue weighted by atomic mass is 16.5. The Morgan fingerprint density at radius 1 is 0.750 bits per heavy atom. The third-order valence-corrected chi connectivity index (χ3v) is 2.58. The van der Waals surface area contributed by atoms with Gasteiger partial charge in [-0.1, -0.05) is 11.8 Å². The van der Waals surface area contributed by atoms with E-state index in [2.05, 4.69) is 29.8 Å². The molecule has 0 aliphatic heterocycles. The lowest BCUT2D eigenvalue weighted by Gasteiger charge is -1.96. The Balaban J connectivity index is 2.06. The van der Waals surface area contributed by atoms with Gasteiger partial charge in [-0.25, -0.2) is 0 Å². The second kappa shape index (κ2) is 6.69. The van der Waals surface area contributed by atoms with Crippen molar-refractivity contribution in [1.82, 2.24) is 0 Å². The quantitative estimate of drug-likeness (QED) is 0.736. The fourth-order valence-corrected chi connectivity index (χ4v) is 1.51. The van der Waals surface area contributed by atoms with Crippen molar-refractivity contribution in [2.24, 2.45) is 0 Å². The number of ether oxygens (including phenoxy) is 1. The van der Waals surface area contributed by atoms with E-state index in [0.29, 0.717) is 5.56 Å². The normalized spacial score (nSPS) is 8.40. The summed E-state index contributed by atoms with van der Waals surface area (Å²) in [6.07, 6.45) is 0. The molecule has 0 amide bonds. The maximum atomic E-state index is 8.69. The summed E-state index contributed by atoms with van der Waals surface area (Å²) in [6, 6.07) is 16.6. The largest absolute Gasteiger partial charge is 0.497 e. The Hall–Kier alpha value is -3.15. The summed E-state index contributed by atoms with van der Waals surface area (Å²) in [5.74, 6) is 12.3. The molecule has 2 aromatic rings. The number of hydrogen-bond donors (Lipinski definition) is 0. The van der Waals surface area contributed by atoms with E-state index < -0.39 is 0 Å². The molecule has 2 aromatic carbocycles. The highest BCUT2D eigenvalue weighted by molar-refractivity contribution is 5.46. The monoisotopic (exact) mass is 257 g/mol. The highest BCUT2D eigenvalue weighted by Gasteiger charge is 1.89. The smallest absolute Gasteiger partial charge is 0.118 e. The van der Waals surface area contributed by atoms with Gasteiger partial charge >= 0.3 is 0 Å². The summed E-state index contributed by atoms with van der Waals surface area (Å²) < 4.78 is 5.07. The van der Waals surface area contributed by atoms with E-state index in [1.165, 1.54) is 0 Å². The molecule has 0 spiro atoms. The maximum absolute atomic E-state index is 8.69. The molecule has 0 atom stereocenters. The summed E-state index contributed by atoms with van der Waals surface area (Å²) in [6.45, 7) is 0. The van der Waals surface area contributed by atoms with Crippen molar-refractivity contribution in [3.05, 3.63) is 65.2 Å². The van der Waals surface area contributed by atoms with Gasteiger partial charge in [-0.2, -0.15) is 5.26 Å². The van der Waals surface area contributed by atoms with Crippen LogP contribution in [0.4, 0.5) is 0 Å². The van der Waals surface area contributed by atoms with Gasteiger partial charge in [-0.05, 0) is 60.4 Å². The summed E-state index contributed by atoms with van der Waals surface area (Å²) >= 11 is 0. The molecule has 2 nitrogen and oxygen atoms in total. The zero-order chi connectivity index (χ0) is 14.2. The predicted octanol–water partition coefficient (Wildman–Crippen LogP) is 2.97. The van der Waals surface area contributed by atoms with Crippen molar-refractivity contribution >= 4 is 0 Å². The van der Waals surface area contributed by atoms with Gasteiger partial charge in [0.25, 0.3) is 0 Å². The van der Waals surface area contributed by atoms with Crippen LogP contribution in [0.3, 0.4) is 0 Å². The minimum atomic E-state index is 0.625. The number of benzene rings is 2. The molecule has 0 unspecified atom stereocenters. The molecule has 0 radical (unpaired) electrons. The fraction of sp³-hybridized carbons (Fsp3) is 0.0556. The lowest BCUT2D eigenvalue weighted by molar-refractivity contribution is 0.415. The van der Waals surface area contributed by atoms with E-state index in [1.54, 1.807) is 31.4 Å². The van der Waals surface area contributed by atoms with E-state index in [-0.39, 0.29) is 0 Å².